The summed E-state index contributed by atoms with van der Waals surface area (Å²) in [4.78, 5) is 14.2. The highest BCUT2D eigenvalue weighted by atomic mass is 16.7. The number of carbonyl (C=O) groups is 1. The highest BCUT2D eigenvalue weighted by Crippen LogP contribution is 2.32. The highest BCUT2D eigenvalue weighted by Gasteiger charge is 2.19. The second-order valence-electron chi connectivity index (χ2n) is 6.04. The van der Waals surface area contributed by atoms with Crippen LogP contribution in [0.2, 0.25) is 0 Å². The van der Waals surface area contributed by atoms with Gasteiger partial charge in [0.2, 0.25) is 12.7 Å². The number of likely N-dealkylation sites (N-methyl/N-ethyl adjacent to an activating group) is 1. The lowest BCUT2D eigenvalue weighted by atomic mass is 10.1. The zero-order chi connectivity index (χ0) is 15.4. The molecule has 0 atom stereocenters. The molecule has 4 nitrogen and oxygen atoms in total. The van der Waals surface area contributed by atoms with Gasteiger partial charge in [0.1, 0.15) is 0 Å². The number of hydrogen-bond acceptors (Lipinski definition) is 3. The van der Waals surface area contributed by atoms with Gasteiger partial charge in [0, 0.05) is 19.2 Å². The summed E-state index contributed by atoms with van der Waals surface area (Å²) >= 11 is 0. The van der Waals surface area contributed by atoms with Crippen molar-refractivity contribution in [2.45, 2.75) is 44.6 Å². The second-order valence-corrected chi connectivity index (χ2v) is 6.04. The molecule has 118 valence electrons. The summed E-state index contributed by atoms with van der Waals surface area (Å²) in [6, 6.07) is 6.10. The highest BCUT2D eigenvalue weighted by molar-refractivity contribution is 5.91. The Bertz CT molecular complexity index is 559. The van der Waals surface area contributed by atoms with Crippen LogP contribution in [0.1, 0.15) is 44.1 Å². The minimum absolute atomic E-state index is 0.0737. The third-order valence-electron chi connectivity index (χ3n) is 4.54. The first-order valence-corrected chi connectivity index (χ1v) is 8.08. The van der Waals surface area contributed by atoms with Gasteiger partial charge in [0.25, 0.3) is 0 Å². The first-order chi connectivity index (χ1) is 10.7. The molecule has 1 fully saturated rings. The number of ether oxygens (including phenoxy) is 2. The van der Waals surface area contributed by atoms with E-state index in [1.807, 2.05) is 36.2 Å². The molecular formula is C18H23NO3. The molecule has 1 amide bonds. The first kappa shape index (κ1) is 14.9. The van der Waals surface area contributed by atoms with E-state index >= 15 is 0 Å². The Kier molecular flexibility index (Phi) is 4.66. The molecule has 4 heteroatoms. The molecule has 22 heavy (non-hydrogen) atoms. The number of amides is 1. The SMILES string of the molecule is CN(C(=O)/C=C/c1ccc2c(c1)OCO2)C1CCCCCC1. The van der Waals surface area contributed by atoms with Crippen LogP contribution in [0.5, 0.6) is 11.5 Å². The first-order valence-electron chi connectivity index (χ1n) is 8.08. The van der Waals surface area contributed by atoms with E-state index in [-0.39, 0.29) is 12.7 Å². The Labute approximate surface area is 131 Å². The smallest absolute Gasteiger partial charge is 0.246 e. The number of fused-ring (bicyclic) bond motifs is 1. The molecule has 1 aliphatic heterocycles. The van der Waals surface area contributed by atoms with Gasteiger partial charge in [-0.05, 0) is 36.6 Å². The maximum Gasteiger partial charge on any atom is 0.246 e. The van der Waals surface area contributed by atoms with Crippen molar-refractivity contribution in [3.8, 4) is 11.5 Å². The van der Waals surface area contributed by atoms with E-state index < -0.39 is 0 Å². The Hall–Kier alpha value is -1.97. The maximum absolute atomic E-state index is 12.3. The minimum Gasteiger partial charge on any atom is -0.454 e. The summed E-state index contributed by atoms with van der Waals surface area (Å²) in [5.41, 5.74) is 0.951. The molecule has 1 heterocycles. The molecule has 0 unspecified atom stereocenters. The number of nitrogens with zero attached hydrogens (tertiary/aromatic N) is 1. The third-order valence-corrected chi connectivity index (χ3v) is 4.54. The summed E-state index contributed by atoms with van der Waals surface area (Å²) in [5.74, 6) is 1.58. The van der Waals surface area contributed by atoms with Crippen LogP contribution in [0.15, 0.2) is 24.3 Å². The number of carbonyl (C=O) groups excluding carboxylic acids is 1. The Morgan fingerprint density at radius 1 is 1.14 bits per heavy atom. The van der Waals surface area contributed by atoms with Crippen LogP contribution in [-0.4, -0.2) is 30.7 Å². The summed E-state index contributed by atoms with van der Waals surface area (Å²) in [7, 11) is 1.92. The van der Waals surface area contributed by atoms with Gasteiger partial charge in [-0.3, -0.25) is 4.79 Å². The average molecular weight is 301 g/mol. The van der Waals surface area contributed by atoms with Crippen LogP contribution in [0.4, 0.5) is 0 Å². The molecule has 1 aliphatic carbocycles. The molecule has 0 radical (unpaired) electrons. The molecule has 0 saturated heterocycles. The Morgan fingerprint density at radius 2 is 1.86 bits per heavy atom. The van der Waals surface area contributed by atoms with Crippen molar-refractivity contribution in [1.29, 1.82) is 0 Å². The van der Waals surface area contributed by atoms with Crippen molar-refractivity contribution < 1.29 is 14.3 Å². The average Bonchev–Trinajstić information content (AvgIpc) is 2.83. The topological polar surface area (TPSA) is 38.8 Å². The largest absolute Gasteiger partial charge is 0.454 e. The monoisotopic (exact) mass is 301 g/mol. The van der Waals surface area contributed by atoms with Crippen LogP contribution < -0.4 is 9.47 Å². The van der Waals surface area contributed by atoms with Crippen molar-refractivity contribution in [3.63, 3.8) is 0 Å². The lowest BCUT2D eigenvalue weighted by Crippen LogP contribution is -2.35. The van der Waals surface area contributed by atoms with Gasteiger partial charge >= 0.3 is 0 Å². The third kappa shape index (κ3) is 3.43. The van der Waals surface area contributed by atoms with Crippen molar-refractivity contribution >= 4 is 12.0 Å². The van der Waals surface area contributed by atoms with Crippen LogP contribution in [0.25, 0.3) is 6.08 Å². The quantitative estimate of drug-likeness (QED) is 0.632. The fourth-order valence-corrected chi connectivity index (χ4v) is 3.13. The minimum atomic E-state index is 0.0737. The van der Waals surface area contributed by atoms with E-state index in [0.29, 0.717) is 6.04 Å². The van der Waals surface area contributed by atoms with Crippen LogP contribution in [-0.2, 0) is 4.79 Å². The van der Waals surface area contributed by atoms with Crippen LogP contribution >= 0.6 is 0 Å². The number of hydrogen-bond donors (Lipinski definition) is 0. The number of benzene rings is 1. The van der Waals surface area contributed by atoms with E-state index in [1.54, 1.807) is 6.08 Å². The van der Waals surface area contributed by atoms with E-state index in [4.69, 9.17) is 9.47 Å². The fourth-order valence-electron chi connectivity index (χ4n) is 3.13. The molecule has 2 aliphatic rings. The van der Waals surface area contributed by atoms with E-state index in [0.717, 1.165) is 29.9 Å². The van der Waals surface area contributed by atoms with Crippen molar-refractivity contribution in [2.75, 3.05) is 13.8 Å². The normalized spacial score (nSPS) is 18.4. The van der Waals surface area contributed by atoms with Crippen molar-refractivity contribution in [2.24, 2.45) is 0 Å². The zero-order valence-electron chi connectivity index (χ0n) is 13.1. The van der Waals surface area contributed by atoms with Gasteiger partial charge in [-0.25, -0.2) is 0 Å². The predicted octanol–water partition coefficient (Wildman–Crippen LogP) is 3.61. The molecule has 0 N–H and O–H groups in total. The van der Waals surface area contributed by atoms with E-state index in [1.165, 1.54) is 25.7 Å². The molecular weight excluding hydrogens is 278 g/mol. The van der Waals surface area contributed by atoms with E-state index in [2.05, 4.69) is 0 Å². The summed E-state index contributed by atoms with van der Waals surface area (Å²) in [6.45, 7) is 0.270. The molecule has 3 rings (SSSR count). The fraction of sp³-hybridized carbons (Fsp3) is 0.500. The molecule has 0 aromatic heterocycles. The van der Waals surface area contributed by atoms with Gasteiger partial charge in [-0.1, -0.05) is 31.7 Å². The second kappa shape index (κ2) is 6.86. The Balaban J connectivity index is 1.62. The summed E-state index contributed by atoms with van der Waals surface area (Å²) in [5, 5.41) is 0. The van der Waals surface area contributed by atoms with Gasteiger partial charge < -0.3 is 14.4 Å². The Morgan fingerprint density at radius 3 is 2.64 bits per heavy atom. The molecule has 1 saturated carbocycles. The summed E-state index contributed by atoms with van der Waals surface area (Å²) in [6.07, 6.45) is 10.8. The van der Waals surface area contributed by atoms with Gasteiger partial charge in [-0.2, -0.15) is 0 Å². The zero-order valence-corrected chi connectivity index (χ0v) is 13.1. The number of rotatable bonds is 3. The van der Waals surface area contributed by atoms with Crippen molar-refractivity contribution in [3.05, 3.63) is 29.8 Å². The molecule has 0 spiro atoms. The van der Waals surface area contributed by atoms with Gasteiger partial charge in [-0.15, -0.1) is 0 Å². The van der Waals surface area contributed by atoms with E-state index in [9.17, 15) is 4.79 Å². The predicted molar refractivity (Wildman–Crippen MR) is 85.9 cm³/mol. The van der Waals surface area contributed by atoms with Crippen LogP contribution in [0, 0.1) is 0 Å². The van der Waals surface area contributed by atoms with Gasteiger partial charge in [0.05, 0.1) is 0 Å². The molecule has 0 bridgehead atoms. The lowest BCUT2D eigenvalue weighted by Gasteiger charge is -2.26. The van der Waals surface area contributed by atoms with Crippen molar-refractivity contribution in [1.82, 2.24) is 4.90 Å². The lowest BCUT2D eigenvalue weighted by molar-refractivity contribution is -0.126. The maximum atomic E-state index is 12.3. The van der Waals surface area contributed by atoms with Crippen LogP contribution in [0.3, 0.4) is 0 Å². The molecule has 1 aromatic rings. The molecule has 1 aromatic carbocycles. The summed E-state index contributed by atoms with van der Waals surface area (Å²) < 4.78 is 10.6. The standard InChI is InChI=1S/C18H23NO3/c1-19(15-6-4-2-3-5-7-15)18(20)11-9-14-8-10-16-17(12-14)22-13-21-16/h8-12,15H,2-7,13H2,1H3/b11-9+. The van der Waals surface area contributed by atoms with Gasteiger partial charge in [0.15, 0.2) is 11.5 Å².